The number of esters is 1. The second kappa shape index (κ2) is 10.9. The van der Waals surface area contributed by atoms with E-state index in [1.807, 2.05) is 75.4 Å². The molecule has 178 valence electrons. The molecule has 1 N–H and O–H groups in total. The van der Waals surface area contributed by atoms with Crippen LogP contribution in [0.4, 0.5) is 5.69 Å². The number of thioether (sulfide) groups is 1. The lowest BCUT2D eigenvalue weighted by atomic mass is 9.94. The van der Waals surface area contributed by atoms with Gasteiger partial charge in [-0.1, -0.05) is 68.1 Å². The number of hydrogen-bond donors (Lipinski definition) is 1. The van der Waals surface area contributed by atoms with Crippen LogP contribution in [0.1, 0.15) is 44.4 Å². The Hall–Kier alpha value is -3.06. The summed E-state index contributed by atoms with van der Waals surface area (Å²) in [5.74, 6) is 0.858. The number of rotatable bonds is 7. The van der Waals surface area contributed by atoms with Gasteiger partial charge in [-0.3, -0.25) is 4.79 Å². The predicted octanol–water partition coefficient (Wildman–Crippen LogP) is 5.19. The minimum atomic E-state index is -0.326. The van der Waals surface area contributed by atoms with Gasteiger partial charge in [0.1, 0.15) is 0 Å². The van der Waals surface area contributed by atoms with Crippen molar-refractivity contribution in [2.45, 2.75) is 39.7 Å². The Bertz CT molecular complexity index is 1110. The Balaban J connectivity index is 1.61. The van der Waals surface area contributed by atoms with Gasteiger partial charge in [0.15, 0.2) is 5.17 Å². The maximum absolute atomic E-state index is 13.2. The number of anilines is 1. The number of carbonyl (C=O) groups is 2. The molecular weight excluding hydrogens is 446 g/mol. The lowest BCUT2D eigenvalue weighted by Gasteiger charge is -2.40. The van der Waals surface area contributed by atoms with E-state index in [-0.39, 0.29) is 23.8 Å². The molecule has 0 saturated carbocycles. The molecule has 0 bridgehead atoms. The molecule has 2 aromatic rings. The quantitative estimate of drug-likeness (QED) is 0.556. The van der Waals surface area contributed by atoms with E-state index in [0.29, 0.717) is 30.0 Å². The van der Waals surface area contributed by atoms with Crippen LogP contribution in [0.25, 0.3) is 0 Å². The van der Waals surface area contributed by atoms with Crippen LogP contribution in [-0.4, -0.2) is 40.8 Å². The number of nitrogens with one attached hydrogen (secondary N) is 1. The zero-order valence-corrected chi connectivity index (χ0v) is 20.7. The third-order valence-electron chi connectivity index (χ3n) is 5.72. The number of amidine groups is 1. The van der Waals surface area contributed by atoms with E-state index < -0.39 is 0 Å². The van der Waals surface area contributed by atoms with Crippen molar-refractivity contribution in [3.8, 4) is 0 Å². The van der Waals surface area contributed by atoms with Crippen molar-refractivity contribution < 1.29 is 14.3 Å². The summed E-state index contributed by atoms with van der Waals surface area (Å²) in [5, 5.41) is 3.95. The molecule has 6 nitrogen and oxygen atoms in total. The van der Waals surface area contributed by atoms with E-state index in [0.717, 1.165) is 35.0 Å². The van der Waals surface area contributed by atoms with Crippen LogP contribution in [0.3, 0.4) is 0 Å². The van der Waals surface area contributed by atoms with E-state index >= 15 is 0 Å². The second-order valence-electron chi connectivity index (χ2n) is 9.02. The highest BCUT2D eigenvalue weighted by molar-refractivity contribution is 8.13. The molecule has 2 aliphatic heterocycles. The van der Waals surface area contributed by atoms with Crippen molar-refractivity contribution in [1.29, 1.82) is 0 Å². The Kier molecular flexibility index (Phi) is 7.73. The first-order valence-electron chi connectivity index (χ1n) is 11.7. The zero-order valence-electron chi connectivity index (χ0n) is 19.9. The Morgan fingerprint density at radius 1 is 1.18 bits per heavy atom. The molecule has 2 aliphatic rings. The second-order valence-corrected chi connectivity index (χ2v) is 10.1. The molecule has 1 unspecified atom stereocenters. The number of benzene rings is 2. The summed E-state index contributed by atoms with van der Waals surface area (Å²) in [6.45, 7) is 7.10. The average molecular weight is 478 g/mol. The molecule has 0 radical (unpaired) electrons. The first-order valence-corrected chi connectivity index (χ1v) is 12.7. The van der Waals surface area contributed by atoms with Crippen molar-refractivity contribution in [2.75, 3.05) is 24.2 Å². The fourth-order valence-electron chi connectivity index (χ4n) is 4.17. The maximum atomic E-state index is 13.2. The number of hydrogen-bond acceptors (Lipinski definition) is 6. The van der Waals surface area contributed by atoms with Crippen LogP contribution in [0.2, 0.25) is 0 Å². The Morgan fingerprint density at radius 2 is 1.97 bits per heavy atom. The predicted molar refractivity (Wildman–Crippen MR) is 138 cm³/mol. The number of allylic oxidation sites excluding steroid dienone is 1. The van der Waals surface area contributed by atoms with Gasteiger partial charge in [0.25, 0.3) is 0 Å². The van der Waals surface area contributed by atoms with E-state index in [4.69, 9.17) is 9.73 Å². The summed E-state index contributed by atoms with van der Waals surface area (Å²) in [6.07, 6.45) is 1.32. The highest BCUT2D eigenvalue weighted by Crippen LogP contribution is 2.40. The van der Waals surface area contributed by atoms with Gasteiger partial charge in [0, 0.05) is 18.0 Å². The summed E-state index contributed by atoms with van der Waals surface area (Å²) in [7, 11) is 0. The molecular formula is C27H31N3O3S. The largest absolute Gasteiger partial charge is 0.462 e. The molecule has 4 rings (SSSR count). The van der Waals surface area contributed by atoms with Crippen molar-refractivity contribution >= 4 is 34.5 Å². The van der Waals surface area contributed by atoms with Crippen molar-refractivity contribution in [2.24, 2.45) is 10.9 Å². The van der Waals surface area contributed by atoms with E-state index in [1.165, 1.54) is 0 Å². The molecule has 0 spiro atoms. The molecule has 1 fully saturated rings. The number of carbonyl (C=O) groups excluding carboxylic acids is 2. The molecule has 2 aromatic carbocycles. The standard InChI is InChI=1S/C27H31N3O3S/c1-18(2)17-33-26(32)24-19(3)28-27-30(13-8-14-34-27)25(24)21-11-7-12-22(16-21)29-23(31)15-20-9-5-4-6-10-20/h4-7,9-12,16,18,25H,8,13-15,17H2,1-3H3,(H,29,31). The average Bonchev–Trinajstić information content (AvgIpc) is 2.82. The Labute approximate surface area is 205 Å². The summed E-state index contributed by atoms with van der Waals surface area (Å²) < 4.78 is 5.64. The number of amides is 1. The van der Waals surface area contributed by atoms with E-state index in [9.17, 15) is 9.59 Å². The fraction of sp³-hybridized carbons (Fsp3) is 0.370. The summed E-state index contributed by atoms with van der Waals surface area (Å²) in [4.78, 5) is 32.8. The minimum absolute atomic E-state index is 0.0777. The molecule has 1 amide bonds. The van der Waals surface area contributed by atoms with Gasteiger partial charge < -0.3 is 15.0 Å². The zero-order chi connectivity index (χ0) is 24.1. The van der Waals surface area contributed by atoms with Gasteiger partial charge in [0.2, 0.25) is 5.91 Å². The minimum Gasteiger partial charge on any atom is -0.462 e. The van der Waals surface area contributed by atoms with Gasteiger partial charge in [0.05, 0.1) is 30.3 Å². The van der Waals surface area contributed by atoms with Gasteiger partial charge in [-0.05, 0) is 42.5 Å². The summed E-state index contributed by atoms with van der Waals surface area (Å²) in [6, 6.07) is 17.1. The van der Waals surface area contributed by atoms with Crippen LogP contribution in [-0.2, 0) is 20.7 Å². The van der Waals surface area contributed by atoms with Crippen LogP contribution in [0.5, 0.6) is 0 Å². The van der Waals surface area contributed by atoms with Gasteiger partial charge >= 0.3 is 5.97 Å². The van der Waals surface area contributed by atoms with Crippen LogP contribution < -0.4 is 5.32 Å². The third-order valence-corrected chi connectivity index (χ3v) is 6.80. The monoisotopic (exact) mass is 477 g/mol. The van der Waals surface area contributed by atoms with Gasteiger partial charge in [-0.2, -0.15) is 0 Å². The lowest BCUT2D eigenvalue weighted by molar-refractivity contribution is -0.141. The lowest BCUT2D eigenvalue weighted by Crippen LogP contribution is -2.42. The number of nitrogens with zero attached hydrogens (tertiary/aromatic N) is 2. The van der Waals surface area contributed by atoms with Crippen molar-refractivity contribution in [1.82, 2.24) is 4.90 Å². The van der Waals surface area contributed by atoms with Gasteiger partial charge in [-0.15, -0.1) is 0 Å². The van der Waals surface area contributed by atoms with Crippen LogP contribution >= 0.6 is 11.8 Å². The number of ether oxygens (including phenoxy) is 1. The van der Waals surface area contributed by atoms with Crippen molar-refractivity contribution in [3.63, 3.8) is 0 Å². The summed E-state index contributed by atoms with van der Waals surface area (Å²) in [5.41, 5.74) is 3.86. The van der Waals surface area contributed by atoms with E-state index in [1.54, 1.807) is 11.8 Å². The smallest absolute Gasteiger partial charge is 0.338 e. The normalized spacial score (nSPS) is 17.8. The van der Waals surface area contributed by atoms with Crippen LogP contribution in [0.15, 0.2) is 70.9 Å². The highest BCUT2D eigenvalue weighted by Gasteiger charge is 2.38. The van der Waals surface area contributed by atoms with Crippen molar-refractivity contribution in [3.05, 3.63) is 77.0 Å². The van der Waals surface area contributed by atoms with E-state index in [2.05, 4.69) is 10.2 Å². The molecule has 34 heavy (non-hydrogen) atoms. The first kappa shape index (κ1) is 24.1. The van der Waals surface area contributed by atoms with Gasteiger partial charge in [-0.25, -0.2) is 9.79 Å². The number of fused-ring (bicyclic) bond motifs is 1. The first-order chi connectivity index (χ1) is 16.4. The summed E-state index contributed by atoms with van der Waals surface area (Å²) >= 11 is 1.72. The molecule has 0 aliphatic carbocycles. The number of aliphatic imine (C=N–C) groups is 1. The maximum Gasteiger partial charge on any atom is 0.338 e. The van der Waals surface area contributed by atoms with Crippen LogP contribution in [0, 0.1) is 5.92 Å². The molecule has 7 heteroatoms. The molecule has 0 aromatic heterocycles. The SMILES string of the molecule is CC1=C(C(=O)OCC(C)C)C(c2cccc(NC(=O)Cc3ccccc3)c2)N2CCCSC2=N1. The molecule has 1 saturated heterocycles. The highest BCUT2D eigenvalue weighted by atomic mass is 32.2. The molecule has 2 heterocycles. The molecule has 1 atom stereocenters. The Morgan fingerprint density at radius 3 is 2.74 bits per heavy atom. The third kappa shape index (κ3) is 5.70. The topological polar surface area (TPSA) is 71.0 Å². The fourth-order valence-corrected chi connectivity index (χ4v) is 5.19.